The first-order valence-corrected chi connectivity index (χ1v) is 6.68. The topological polar surface area (TPSA) is 84.9 Å². The van der Waals surface area contributed by atoms with Gasteiger partial charge in [0.25, 0.3) is 0 Å². The van der Waals surface area contributed by atoms with E-state index in [-0.39, 0.29) is 25.2 Å². The maximum atomic E-state index is 11.6. The first kappa shape index (κ1) is 15.9. The number of ether oxygens (including phenoxy) is 2. The quantitative estimate of drug-likeness (QED) is 0.716. The molecule has 19 heavy (non-hydrogen) atoms. The zero-order chi connectivity index (χ0) is 14.3. The molecule has 6 nitrogen and oxygen atoms in total. The Balaban J connectivity index is 2.22. The van der Waals surface area contributed by atoms with Crippen molar-refractivity contribution < 1.29 is 24.2 Å². The van der Waals surface area contributed by atoms with Crippen molar-refractivity contribution in [3.63, 3.8) is 0 Å². The normalized spacial score (nSPS) is 24.7. The van der Waals surface area contributed by atoms with E-state index in [1.165, 1.54) is 13.5 Å². The fourth-order valence-corrected chi connectivity index (χ4v) is 2.24. The van der Waals surface area contributed by atoms with Crippen molar-refractivity contribution in [2.75, 3.05) is 20.3 Å². The molecule has 0 saturated heterocycles. The van der Waals surface area contributed by atoms with Crippen molar-refractivity contribution >= 4 is 11.9 Å². The van der Waals surface area contributed by atoms with E-state index < -0.39 is 12.1 Å². The number of hydrogen-bond donors (Lipinski definition) is 2. The number of methoxy groups -OCH3 is 1. The minimum atomic E-state index is -1.09. The Hall–Kier alpha value is -1.14. The number of nitrogens with one attached hydrogen (secondary N) is 1. The molecule has 0 aliphatic heterocycles. The molecule has 3 atom stereocenters. The fraction of sp³-hybridized carbons (Fsp3) is 0.846. The molecule has 0 radical (unpaired) electrons. The van der Waals surface area contributed by atoms with Crippen LogP contribution in [-0.4, -0.2) is 49.5 Å². The zero-order valence-electron chi connectivity index (χ0n) is 11.6. The minimum Gasteiger partial charge on any atom is -0.479 e. The summed E-state index contributed by atoms with van der Waals surface area (Å²) in [7, 11) is 1.30. The highest BCUT2D eigenvalue weighted by Crippen LogP contribution is 2.25. The van der Waals surface area contributed by atoms with Gasteiger partial charge in [-0.3, -0.25) is 4.79 Å². The highest BCUT2D eigenvalue weighted by Gasteiger charge is 2.23. The molecular formula is C13H23NO5. The van der Waals surface area contributed by atoms with Gasteiger partial charge in [0.1, 0.15) is 6.61 Å². The SMILES string of the molecule is COC(CNC(=O)COC1CCCCC1C)C(=O)O. The summed E-state index contributed by atoms with van der Waals surface area (Å²) in [4.78, 5) is 22.2. The number of carboxylic acid groups (broad SMARTS) is 1. The lowest BCUT2D eigenvalue weighted by atomic mass is 9.88. The molecule has 1 amide bonds. The maximum absolute atomic E-state index is 11.6. The number of amides is 1. The van der Waals surface area contributed by atoms with Gasteiger partial charge in [0, 0.05) is 7.11 Å². The van der Waals surface area contributed by atoms with Crippen molar-refractivity contribution in [2.24, 2.45) is 5.92 Å². The molecule has 0 spiro atoms. The van der Waals surface area contributed by atoms with E-state index in [0.29, 0.717) is 5.92 Å². The summed E-state index contributed by atoms with van der Waals surface area (Å²) in [5.74, 6) is -0.919. The second-order valence-electron chi connectivity index (χ2n) is 4.98. The van der Waals surface area contributed by atoms with Gasteiger partial charge in [-0.1, -0.05) is 19.8 Å². The Labute approximate surface area is 113 Å². The van der Waals surface area contributed by atoms with Crippen molar-refractivity contribution in [1.82, 2.24) is 5.32 Å². The number of rotatable bonds is 7. The summed E-state index contributed by atoms with van der Waals surface area (Å²) >= 11 is 0. The van der Waals surface area contributed by atoms with Crippen LogP contribution < -0.4 is 5.32 Å². The van der Waals surface area contributed by atoms with Crippen molar-refractivity contribution in [2.45, 2.75) is 44.8 Å². The molecule has 0 aromatic carbocycles. The van der Waals surface area contributed by atoms with Gasteiger partial charge in [-0.05, 0) is 18.8 Å². The Morgan fingerprint density at radius 2 is 2.05 bits per heavy atom. The van der Waals surface area contributed by atoms with Gasteiger partial charge in [0.05, 0.1) is 12.6 Å². The number of hydrogen-bond acceptors (Lipinski definition) is 4. The lowest BCUT2D eigenvalue weighted by Crippen LogP contribution is -2.40. The van der Waals surface area contributed by atoms with Crippen LogP contribution in [0.5, 0.6) is 0 Å². The maximum Gasteiger partial charge on any atom is 0.334 e. The van der Waals surface area contributed by atoms with Gasteiger partial charge in [-0.2, -0.15) is 0 Å². The monoisotopic (exact) mass is 273 g/mol. The van der Waals surface area contributed by atoms with Crippen molar-refractivity contribution in [3.8, 4) is 0 Å². The second-order valence-corrected chi connectivity index (χ2v) is 4.98. The fourth-order valence-electron chi connectivity index (χ4n) is 2.24. The highest BCUT2D eigenvalue weighted by atomic mass is 16.5. The summed E-state index contributed by atoms with van der Waals surface area (Å²) in [5, 5.41) is 11.2. The minimum absolute atomic E-state index is 0.0228. The Kier molecular flexibility index (Phi) is 6.80. The predicted molar refractivity (Wildman–Crippen MR) is 68.8 cm³/mol. The molecule has 6 heteroatoms. The summed E-state index contributed by atoms with van der Waals surface area (Å²) in [5.41, 5.74) is 0. The van der Waals surface area contributed by atoms with E-state index in [2.05, 4.69) is 12.2 Å². The van der Waals surface area contributed by atoms with Gasteiger partial charge in [-0.15, -0.1) is 0 Å². The van der Waals surface area contributed by atoms with Crippen LogP contribution in [0.25, 0.3) is 0 Å². The van der Waals surface area contributed by atoms with E-state index in [4.69, 9.17) is 14.6 Å². The van der Waals surface area contributed by atoms with Gasteiger partial charge < -0.3 is 19.9 Å². The molecule has 0 aromatic heterocycles. The summed E-state index contributed by atoms with van der Waals surface area (Å²) in [6.07, 6.45) is 3.61. The van der Waals surface area contributed by atoms with E-state index in [0.717, 1.165) is 19.3 Å². The zero-order valence-corrected chi connectivity index (χ0v) is 11.6. The van der Waals surface area contributed by atoms with Crippen molar-refractivity contribution in [1.29, 1.82) is 0 Å². The summed E-state index contributed by atoms with van der Waals surface area (Å²) in [6, 6.07) is 0. The van der Waals surface area contributed by atoms with E-state index in [1.54, 1.807) is 0 Å². The first-order valence-electron chi connectivity index (χ1n) is 6.68. The Bertz CT molecular complexity index is 307. The Morgan fingerprint density at radius 3 is 2.63 bits per heavy atom. The van der Waals surface area contributed by atoms with Crippen LogP contribution in [0.2, 0.25) is 0 Å². The summed E-state index contributed by atoms with van der Waals surface area (Å²) in [6.45, 7) is 2.06. The standard InChI is InChI=1S/C13H23NO5/c1-9-5-3-4-6-10(9)19-8-12(15)14-7-11(18-2)13(16)17/h9-11H,3-8H2,1-2H3,(H,14,15)(H,16,17). The van der Waals surface area contributed by atoms with Crippen LogP contribution in [-0.2, 0) is 19.1 Å². The molecule has 3 unspecified atom stereocenters. The molecule has 0 aromatic rings. The molecule has 0 heterocycles. The van der Waals surface area contributed by atoms with Gasteiger partial charge in [-0.25, -0.2) is 4.79 Å². The lowest BCUT2D eigenvalue weighted by molar-refractivity contribution is -0.148. The molecule has 1 rings (SSSR count). The Morgan fingerprint density at radius 1 is 1.37 bits per heavy atom. The van der Waals surface area contributed by atoms with Crippen LogP contribution in [0, 0.1) is 5.92 Å². The molecule has 2 N–H and O–H groups in total. The summed E-state index contributed by atoms with van der Waals surface area (Å²) < 4.78 is 10.3. The first-order chi connectivity index (χ1) is 9.04. The smallest absolute Gasteiger partial charge is 0.334 e. The predicted octanol–water partition coefficient (Wildman–Crippen LogP) is 0.798. The van der Waals surface area contributed by atoms with Crippen LogP contribution >= 0.6 is 0 Å². The number of carboxylic acids is 1. The third-order valence-electron chi connectivity index (χ3n) is 3.51. The number of carbonyl (C=O) groups excluding carboxylic acids is 1. The number of aliphatic carboxylic acids is 1. The molecule has 0 bridgehead atoms. The average molecular weight is 273 g/mol. The van der Waals surface area contributed by atoms with Crippen LogP contribution in [0.3, 0.4) is 0 Å². The van der Waals surface area contributed by atoms with Crippen LogP contribution in [0.1, 0.15) is 32.6 Å². The third-order valence-corrected chi connectivity index (χ3v) is 3.51. The largest absolute Gasteiger partial charge is 0.479 e. The molecule has 1 fully saturated rings. The average Bonchev–Trinajstić information content (AvgIpc) is 2.38. The molecular weight excluding hydrogens is 250 g/mol. The van der Waals surface area contributed by atoms with Gasteiger partial charge in [0.2, 0.25) is 5.91 Å². The molecule has 1 saturated carbocycles. The van der Waals surface area contributed by atoms with Crippen molar-refractivity contribution in [3.05, 3.63) is 0 Å². The molecule has 1 aliphatic carbocycles. The molecule has 1 aliphatic rings. The van der Waals surface area contributed by atoms with E-state index >= 15 is 0 Å². The molecule has 110 valence electrons. The van der Waals surface area contributed by atoms with Gasteiger partial charge in [0.15, 0.2) is 6.10 Å². The third kappa shape index (κ3) is 5.57. The van der Waals surface area contributed by atoms with E-state index in [1.807, 2.05) is 0 Å². The number of carbonyl (C=O) groups is 2. The van der Waals surface area contributed by atoms with E-state index in [9.17, 15) is 9.59 Å². The van der Waals surface area contributed by atoms with Crippen LogP contribution in [0.15, 0.2) is 0 Å². The highest BCUT2D eigenvalue weighted by molar-refractivity contribution is 5.79. The lowest BCUT2D eigenvalue weighted by Gasteiger charge is -2.28. The second kappa shape index (κ2) is 8.12. The van der Waals surface area contributed by atoms with Crippen LogP contribution in [0.4, 0.5) is 0 Å². The van der Waals surface area contributed by atoms with Gasteiger partial charge >= 0.3 is 5.97 Å².